The van der Waals surface area contributed by atoms with Gasteiger partial charge in [0.1, 0.15) is 0 Å². The summed E-state index contributed by atoms with van der Waals surface area (Å²) in [6.45, 7) is 1.79. The monoisotopic (exact) mass is 455 g/mol. The van der Waals surface area contributed by atoms with E-state index in [9.17, 15) is 9.59 Å². The number of carbonyl (C=O) groups excluding carboxylic acids is 2. The van der Waals surface area contributed by atoms with Gasteiger partial charge in [0.25, 0.3) is 0 Å². The number of benzene rings is 3. The smallest absolute Gasteiger partial charge is 0.232 e. The number of hydrogen-bond donors (Lipinski definition) is 2. The Morgan fingerprint density at radius 3 is 2.32 bits per heavy atom. The molecule has 0 aliphatic heterocycles. The summed E-state index contributed by atoms with van der Waals surface area (Å²) in [6, 6.07) is 23.5. The molecule has 0 aliphatic carbocycles. The van der Waals surface area contributed by atoms with E-state index in [0.29, 0.717) is 28.4 Å². The van der Waals surface area contributed by atoms with Crippen molar-refractivity contribution >= 4 is 17.5 Å². The van der Waals surface area contributed by atoms with E-state index in [1.54, 1.807) is 63.6 Å². The summed E-state index contributed by atoms with van der Waals surface area (Å²) < 4.78 is 10.6. The number of aromatic amines is 1. The van der Waals surface area contributed by atoms with E-state index in [1.165, 1.54) is 0 Å². The maximum atomic E-state index is 12.9. The first-order valence-electron chi connectivity index (χ1n) is 10.8. The van der Waals surface area contributed by atoms with Crippen LogP contribution in [0.15, 0.2) is 78.9 Å². The Morgan fingerprint density at radius 1 is 0.853 bits per heavy atom. The molecular formula is C27H25N3O4. The Kier molecular flexibility index (Phi) is 6.73. The lowest BCUT2D eigenvalue weighted by Crippen LogP contribution is -2.19. The number of nitrogens with one attached hydrogen (secondary N) is 2. The third-order valence-corrected chi connectivity index (χ3v) is 5.60. The zero-order valence-electron chi connectivity index (χ0n) is 19.2. The fourth-order valence-electron chi connectivity index (χ4n) is 3.63. The lowest BCUT2D eigenvalue weighted by Gasteiger charge is -2.12. The molecule has 4 aromatic rings. The van der Waals surface area contributed by atoms with Gasteiger partial charge in [-0.1, -0.05) is 48.5 Å². The highest BCUT2D eigenvalue weighted by molar-refractivity contribution is 6.09. The molecule has 3 aromatic carbocycles. The molecule has 172 valence electrons. The van der Waals surface area contributed by atoms with Crippen molar-refractivity contribution in [3.8, 4) is 22.8 Å². The number of ether oxygens (including phenoxy) is 2. The highest BCUT2D eigenvalue weighted by Gasteiger charge is 2.19. The maximum absolute atomic E-state index is 12.9. The first kappa shape index (κ1) is 22.8. The summed E-state index contributed by atoms with van der Waals surface area (Å²) in [5.74, 6) is 0.833. The Hall–Kier alpha value is -4.39. The third kappa shape index (κ3) is 4.83. The molecule has 0 spiro atoms. The highest BCUT2D eigenvalue weighted by atomic mass is 16.5. The van der Waals surface area contributed by atoms with Gasteiger partial charge >= 0.3 is 0 Å². The summed E-state index contributed by atoms with van der Waals surface area (Å²) in [7, 11) is 3.15. The first-order valence-corrected chi connectivity index (χ1v) is 10.8. The number of amides is 1. The van der Waals surface area contributed by atoms with Crippen LogP contribution in [0.5, 0.6) is 11.5 Å². The van der Waals surface area contributed by atoms with Crippen molar-refractivity contribution in [1.82, 2.24) is 10.2 Å². The van der Waals surface area contributed by atoms with Gasteiger partial charge in [-0.15, -0.1) is 0 Å². The molecule has 0 saturated heterocycles. The van der Waals surface area contributed by atoms with Gasteiger partial charge in [-0.25, -0.2) is 0 Å². The summed E-state index contributed by atoms with van der Waals surface area (Å²) in [4.78, 5) is 25.7. The minimum atomic E-state index is -0.482. The van der Waals surface area contributed by atoms with E-state index < -0.39 is 5.92 Å². The van der Waals surface area contributed by atoms with Crippen molar-refractivity contribution in [3.05, 3.63) is 95.6 Å². The van der Waals surface area contributed by atoms with Gasteiger partial charge in [0.15, 0.2) is 23.1 Å². The summed E-state index contributed by atoms with van der Waals surface area (Å²) in [5.41, 5.74) is 3.45. The van der Waals surface area contributed by atoms with Gasteiger partial charge in [0.05, 0.1) is 25.8 Å². The van der Waals surface area contributed by atoms with Gasteiger partial charge in [0.2, 0.25) is 5.91 Å². The zero-order chi connectivity index (χ0) is 24.1. The minimum Gasteiger partial charge on any atom is -0.493 e. The molecule has 0 fully saturated rings. The van der Waals surface area contributed by atoms with Gasteiger partial charge in [-0.3, -0.25) is 14.7 Å². The molecule has 34 heavy (non-hydrogen) atoms. The molecule has 0 bridgehead atoms. The SMILES string of the molecule is COc1ccc(-c2cc(NC(=O)C(C)c3cccc(C(=O)c4ccccc4)c3)n[nH]2)cc1OC. The molecule has 1 aromatic heterocycles. The van der Waals surface area contributed by atoms with Crippen LogP contribution in [0.1, 0.15) is 34.3 Å². The Balaban J connectivity index is 1.48. The quantitative estimate of drug-likeness (QED) is 0.362. The molecule has 7 heteroatoms. The fraction of sp³-hybridized carbons (Fsp3) is 0.148. The van der Waals surface area contributed by atoms with Crippen molar-refractivity contribution in [2.45, 2.75) is 12.8 Å². The summed E-state index contributed by atoms with van der Waals surface area (Å²) in [6.07, 6.45) is 0. The van der Waals surface area contributed by atoms with Crippen molar-refractivity contribution in [2.75, 3.05) is 19.5 Å². The molecular weight excluding hydrogens is 430 g/mol. The Bertz CT molecular complexity index is 1310. The standard InChI is InChI=1S/C27H25N3O4/c1-17(19-10-7-11-21(14-19)26(31)18-8-5-4-6-9-18)27(32)28-25-16-22(29-30-25)20-12-13-23(33-2)24(15-20)34-3/h4-17H,1-3H3,(H2,28,29,30,32). The van der Waals surface area contributed by atoms with Crippen LogP contribution in [0, 0.1) is 0 Å². The van der Waals surface area contributed by atoms with Crippen LogP contribution in [-0.2, 0) is 4.79 Å². The van der Waals surface area contributed by atoms with Crippen LogP contribution < -0.4 is 14.8 Å². The fourth-order valence-corrected chi connectivity index (χ4v) is 3.63. The largest absolute Gasteiger partial charge is 0.493 e. The number of methoxy groups -OCH3 is 2. The Labute approximate surface area is 197 Å². The molecule has 7 nitrogen and oxygen atoms in total. The minimum absolute atomic E-state index is 0.0816. The molecule has 0 aliphatic rings. The van der Waals surface area contributed by atoms with Gasteiger partial charge in [-0.2, -0.15) is 5.10 Å². The lowest BCUT2D eigenvalue weighted by atomic mass is 9.95. The van der Waals surface area contributed by atoms with Crippen LogP contribution in [0.25, 0.3) is 11.3 Å². The second-order valence-electron chi connectivity index (χ2n) is 7.77. The lowest BCUT2D eigenvalue weighted by molar-refractivity contribution is -0.117. The first-order chi connectivity index (χ1) is 16.5. The molecule has 1 heterocycles. The predicted octanol–water partition coefficient (Wildman–Crippen LogP) is 5.07. The highest BCUT2D eigenvalue weighted by Crippen LogP contribution is 2.32. The Morgan fingerprint density at radius 2 is 1.59 bits per heavy atom. The number of nitrogens with zero attached hydrogens (tertiary/aromatic N) is 1. The van der Waals surface area contributed by atoms with E-state index in [4.69, 9.17) is 9.47 Å². The predicted molar refractivity (Wildman–Crippen MR) is 130 cm³/mol. The molecule has 4 rings (SSSR count). The molecule has 0 saturated carbocycles. The molecule has 1 atom stereocenters. The van der Waals surface area contributed by atoms with E-state index >= 15 is 0 Å². The van der Waals surface area contributed by atoms with Crippen molar-refractivity contribution in [3.63, 3.8) is 0 Å². The zero-order valence-corrected chi connectivity index (χ0v) is 19.2. The van der Waals surface area contributed by atoms with Crippen LogP contribution in [0.3, 0.4) is 0 Å². The molecule has 0 radical (unpaired) electrons. The van der Waals surface area contributed by atoms with Gasteiger partial charge in [0, 0.05) is 22.8 Å². The van der Waals surface area contributed by atoms with Crippen molar-refractivity contribution in [1.29, 1.82) is 0 Å². The summed E-state index contributed by atoms with van der Waals surface area (Å²) in [5, 5.41) is 9.98. The number of hydrogen-bond acceptors (Lipinski definition) is 5. The number of aromatic nitrogens is 2. The van der Waals surface area contributed by atoms with Gasteiger partial charge < -0.3 is 14.8 Å². The van der Waals surface area contributed by atoms with Crippen LogP contribution >= 0.6 is 0 Å². The summed E-state index contributed by atoms with van der Waals surface area (Å²) >= 11 is 0. The van der Waals surface area contributed by atoms with Gasteiger partial charge in [-0.05, 0) is 36.8 Å². The number of carbonyl (C=O) groups is 2. The van der Waals surface area contributed by atoms with E-state index in [0.717, 1.165) is 16.8 Å². The maximum Gasteiger partial charge on any atom is 0.232 e. The normalized spacial score (nSPS) is 11.5. The molecule has 1 unspecified atom stereocenters. The number of rotatable bonds is 8. The number of anilines is 1. The van der Waals surface area contributed by atoms with Crippen molar-refractivity contribution < 1.29 is 19.1 Å². The van der Waals surface area contributed by atoms with Crippen LogP contribution in [0.2, 0.25) is 0 Å². The van der Waals surface area contributed by atoms with Crippen LogP contribution in [0.4, 0.5) is 5.82 Å². The van der Waals surface area contributed by atoms with E-state index in [1.807, 2.05) is 36.4 Å². The molecule has 2 N–H and O–H groups in total. The van der Waals surface area contributed by atoms with Crippen molar-refractivity contribution in [2.24, 2.45) is 0 Å². The topological polar surface area (TPSA) is 93.3 Å². The average Bonchev–Trinajstić information content (AvgIpc) is 3.36. The van der Waals surface area contributed by atoms with E-state index in [2.05, 4.69) is 15.5 Å². The van der Waals surface area contributed by atoms with E-state index in [-0.39, 0.29) is 11.7 Å². The van der Waals surface area contributed by atoms with Crippen LogP contribution in [-0.4, -0.2) is 36.1 Å². The number of H-pyrrole nitrogens is 1. The molecule has 1 amide bonds. The second-order valence-corrected chi connectivity index (χ2v) is 7.77. The second kappa shape index (κ2) is 10.0. The third-order valence-electron chi connectivity index (χ3n) is 5.60. The average molecular weight is 456 g/mol. The number of ketones is 1.